The second-order valence-corrected chi connectivity index (χ2v) is 8.33. The van der Waals surface area contributed by atoms with E-state index in [0.29, 0.717) is 23.3 Å². The fraction of sp³-hybridized carbons (Fsp3) is 0.867. The van der Waals surface area contributed by atoms with Gasteiger partial charge in [0.1, 0.15) is 5.41 Å². The Morgan fingerprint density at radius 3 is 2.19 bits per heavy atom. The summed E-state index contributed by atoms with van der Waals surface area (Å²) in [7, 11) is 0. The summed E-state index contributed by atoms with van der Waals surface area (Å²) in [5.74, 6) is 0.173. The Balaban J connectivity index is 2.25. The van der Waals surface area contributed by atoms with Crippen LogP contribution in [0, 0.1) is 5.41 Å². The summed E-state index contributed by atoms with van der Waals surface area (Å²) in [6.07, 6.45) is 5.58. The average Bonchev–Trinajstić information content (AvgIpc) is 2.71. The zero-order valence-corrected chi connectivity index (χ0v) is 13.9. The number of carbonyl (C=O) groups excluding carboxylic acids is 1. The van der Waals surface area contributed by atoms with Crippen LogP contribution in [-0.2, 0) is 4.79 Å². The zero-order valence-electron chi connectivity index (χ0n) is 13.0. The summed E-state index contributed by atoms with van der Waals surface area (Å²) in [6, 6.07) is 0. The molecule has 0 aromatic rings. The number of oxime groups is 1. The van der Waals surface area contributed by atoms with Gasteiger partial charge in [-0.05, 0) is 12.8 Å². The molecular formula is C15H27N3O2S. The van der Waals surface area contributed by atoms with Crippen molar-refractivity contribution in [1.82, 2.24) is 4.90 Å². The number of rotatable bonds is 2. The van der Waals surface area contributed by atoms with Crippen molar-refractivity contribution in [2.45, 2.75) is 62.9 Å². The lowest BCUT2D eigenvalue weighted by atomic mass is 9.77. The molecule has 6 heteroatoms. The van der Waals surface area contributed by atoms with E-state index < -0.39 is 5.41 Å². The van der Waals surface area contributed by atoms with Crippen LogP contribution in [0.1, 0.15) is 52.4 Å². The standard InChI is InChI=1S/C15H27N3O2S/c1-11-9-18(10-12(2)21-11)14(19)15(13(16)17-20)7-5-3-4-6-8-15/h11-12,20H,3-10H2,1-2H3,(H2,16,17). The summed E-state index contributed by atoms with van der Waals surface area (Å²) in [6.45, 7) is 5.83. The molecule has 120 valence electrons. The fourth-order valence-corrected chi connectivity index (χ4v) is 4.98. The first-order valence-corrected chi connectivity index (χ1v) is 8.86. The van der Waals surface area contributed by atoms with Gasteiger partial charge in [0.25, 0.3) is 0 Å². The van der Waals surface area contributed by atoms with Crippen molar-refractivity contribution < 1.29 is 10.0 Å². The maximum Gasteiger partial charge on any atom is 0.236 e. The van der Waals surface area contributed by atoms with Crippen LogP contribution in [0.2, 0.25) is 0 Å². The highest BCUT2D eigenvalue weighted by Gasteiger charge is 2.46. The van der Waals surface area contributed by atoms with E-state index in [1.165, 1.54) is 0 Å². The zero-order chi connectivity index (χ0) is 15.5. The average molecular weight is 313 g/mol. The lowest BCUT2D eigenvalue weighted by molar-refractivity contribution is -0.139. The molecule has 1 aliphatic heterocycles. The molecule has 2 fully saturated rings. The van der Waals surface area contributed by atoms with Crippen molar-refractivity contribution in [3.05, 3.63) is 0 Å². The van der Waals surface area contributed by atoms with Crippen molar-refractivity contribution in [1.29, 1.82) is 0 Å². The molecule has 3 N–H and O–H groups in total. The first-order valence-electron chi connectivity index (χ1n) is 7.92. The number of nitrogens with two attached hydrogens (primary N) is 1. The van der Waals surface area contributed by atoms with Gasteiger partial charge in [-0.1, -0.05) is 44.7 Å². The highest BCUT2D eigenvalue weighted by Crippen LogP contribution is 2.38. The lowest BCUT2D eigenvalue weighted by Crippen LogP contribution is -2.55. The van der Waals surface area contributed by atoms with E-state index in [2.05, 4.69) is 19.0 Å². The predicted molar refractivity (Wildman–Crippen MR) is 86.6 cm³/mol. The molecule has 1 aliphatic carbocycles. The third kappa shape index (κ3) is 3.47. The van der Waals surface area contributed by atoms with Crippen molar-refractivity contribution in [3.8, 4) is 0 Å². The minimum Gasteiger partial charge on any atom is -0.409 e. The lowest BCUT2D eigenvalue weighted by Gasteiger charge is -2.41. The van der Waals surface area contributed by atoms with Crippen LogP contribution in [0.3, 0.4) is 0 Å². The summed E-state index contributed by atoms with van der Waals surface area (Å²) in [5.41, 5.74) is 5.19. The number of amides is 1. The maximum atomic E-state index is 13.2. The molecular weight excluding hydrogens is 286 g/mol. The molecule has 2 aliphatic rings. The van der Waals surface area contributed by atoms with E-state index in [1.54, 1.807) is 0 Å². The molecule has 5 nitrogen and oxygen atoms in total. The molecule has 2 rings (SSSR count). The normalized spacial score (nSPS) is 30.8. The van der Waals surface area contributed by atoms with Crippen molar-refractivity contribution >= 4 is 23.5 Å². The van der Waals surface area contributed by atoms with E-state index >= 15 is 0 Å². The Morgan fingerprint density at radius 1 is 1.19 bits per heavy atom. The Hall–Kier alpha value is -0.910. The molecule has 0 bridgehead atoms. The van der Waals surface area contributed by atoms with Crippen LogP contribution < -0.4 is 5.73 Å². The minimum absolute atomic E-state index is 0.0682. The van der Waals surface area contributed by atoms with Crippen molar-refractivity contribution in [3.63, 3.8) is 0 Å². The molecule has 0 aromatic carbocycles. The SMILES string of the molecule is CC1CN(C(=O)C2(C(N)=NO)CCCCCC2)CC(C)S1. The van der Waals surface area contributed by atoms with E-state index in [9.17, 15) is 10.0 Å². The Kier molecular flexibility index (Phi) is 5.41. The van der Waals surface area contributed by atoms with Crippen LogP contribution in [0.5, 0.6) is 0 Å². The molecule has 2 unspecified atom stereocenters. The molecule has 0 spiro atoms. The van der Waals surface area contributed by atoms with Crippen LogP contribution in [-0.4, -0.2) is 45.4 Å². The minimum atomic E-state index is -0.785. The quantitative estimate of drug-likeness (QED) is 0.270. The van der Waals surface area contributed by atoms with Gasteiger partial charge >= 0.3 is 0 Å². The molecule has 1 amide bonds. The van der Waals surface area contributed by atoms with Gasteiger partial charge in [-0.25, -0.2) is 0 Å². The smallest absolute Gasteiger partial charge is 0.236 e. The van der Waals surface area contributed by atoms with Gasteiger partial charge in [-0.3, -0.25) is 4.79 Å². The topological polar surface area (TPSA) is 78.9 Å². The van der Waals surface area contributed by atoms with Gasteiger partial charge in [-0.15, -0.1) is 0 Å². The number of hydrogen-bond acceptors (Lipinski definition) is 4. The number of hydrogen-bond donors (Lipinski definition) is 2. The van der Waals surface area contributed by atoms with Gasteiger partial charge in [0.05, 0.1) is 0 Å². The molecule has 1 saturated carbocycles. The third-order valence-corrected chi connectivity index (χ3v) is 5.90. The number of amidine groups is 1. The van der Waals surface area contributed by atoms with E-state index in [4.69, 9.17) is 5.73 Å². The Labute approximate surface area is 131 Å². The van der Waals surface area contributed by atoms with Gasteiger partial charge in [0.15, 0.2) is 5.84 Å². The van der Waals surface area contributed by atoms with Crippen LogP contribution in [0.4, 0.5) is 0 Å². The molecule has 1 heterocycles. The molecule has 1 saturated heterocycles. The number of thioether (sulfide) groups is 1. The van der Waals surface area contributed by atoms with Crippen LogP contribution in [0.15, 0.2) is 5.16 Å². The largest absolute Gasteiger partial charge is 0.409 e. The molecule has 0 aromatic heterocycles. The summed E-state index contributed by atoms with van der Waals surface area (Å²) in [5, 5.41) is 13.3. The van der Waals surface area contributed by atoms with E-state index in [0.717, 1.165) is 38.8 Å². The highest BCUT2D eigenvalue weighted by molar-refractivity contribution is 8.00. The third-order valence-electron chi connectivity index (χ3n) is 4.67. The summed E-state index contributed by atoms with van der Waals surface area (Å²) >= 11 is 1.92. The highest BCUT2D eigenvalue weighted by atomic mass is 32.2. The first-order chi connectivity index (χ1) is 9.99. The van der Waals surface area contributed by atoms with Crippen molar-refractivity contribution in [2.75, 3.05) is 13.1 Å². The Bertz CT molecular complexity index is 396. The molecule has 2 atom stereocenters. The second kappa shape index (κ2) is 6.90. The van der Waals surface area contributed by atoms with Gasteiger partial charge in [0.2, 0.25) is 5.91 Å². The van der Waals surface area contributed by atoms with Crippen molar-refractivity contribution in [2.24, 2.45) is 16.3 Å². The van der Waals surface area contributed by atoms with Crippen LogP contribution >= 0.6 is 11.8 Å². The second-order valence-electron chi connectivity index (χ2n) is 6.45. The van der Waals surface area contributed by atoms with Gasteiger partial charge in [-0.2, -0.15) is 11.8 Å². The molecule has 21 heavy (non-hydrogen) atoms. The summed E-state index contributed by atoms with van der Waals surface area (Å²) in [4.78, 5) is 15.1. The maximum absolute atomic E-state index is 13.2. The molecule has 0 radical (unpaired) electrons. The van der Waals surface area contributed by atoms with Gasteiger partial charge in [0, 0.05) is 23.6 Å². The van der Waals surface area contributed by atoms with Crippen LogP contribution in [0.25, 0.3) is 0 Å². The van der Waals surface area contributed by atoms with E-state index in [-0.39, 0.29) is 11.7 Å². The summed E-state index contributed by atoms with van der Waals surface area (Å²) < 4.78 is 0. The number of nitrogens with zero attached hydrogens (tertiary/aromatic N) is 2. The monoisotopic (exact) mass is 313 g/mol. The fourth-order valence-electron chi connectivity index (χ4n) is 3.65. The first kappa shape index (κ1) is 16.5. The predicted octanol–water partition coefficient (Wildman–Crippen LogP) is 2.43. The number of carbonyl (C=O) groups is 1. The van der Waals surface area contributed by atoms with Gasteiger partial charge < -0.3 is 15.8 Å². The van der Waals surface area contributed by atoms with E-state index in [1.807, 2.05) is 16.7 Å². The Morgan fingerprint density at radius 2 is 1.71 bits per heavy atom.